The average Bonchev–Trinajstić information content (AvgIpc) is 2.57. The Morgan fingerprint density at radius 1 is 1.12 bits per heavy atom. The van der Waals surface area contributed by atoms with Crippen LogP contribution in [0.15, 0.2) is 24.3 Å². The summed E-state index contributed by atoms with van der Waals surface area (Å²) in [5.74, 6) is -1.30. The molecular formula is C18H26N2O4. The van der Waals surface area contributed by atoms with E-state index in [4.69, 9.17) is 0 Å². The number of nitrogens with zero attached hydrogens (tertiary/aromatic N) is 1. The number of carbonyl (C=O) groups is 3. The first kappa shape index (κ1) is 19.7. The van der Waals surface area contributed by atoms with Crippen LogP contribution in [0.4, 0.5) is 0 Å². The highest BCUT2D eigenvalue weighted by Crippen LogP contribution is 2.12. The van der Waals surface area contributed by atoms with Crippen LogP contribution < -0.4 is 5.32 Å². The van der Waals surface area contributed by atoms with Crippen LogP contribution in [0.1, 0.15) is 49.0 Å². The Bertz CT molecular complexity index is 572. The summed E-state index contributed by atoms with van der Waals surface area (Å²) in [6.45, 7) is 5.07. The quantitative estimate of drug-likeness (QED) is 0.686. The first-order valence-electron chi connectivity index (χ1n) is 8.35. The number of benzene rings is 1. The van der Waals surface area contributed by atoms with Gasteiger partial charge in [-0.1, -0.05) is 32.0 Å². The van der Waals surface area contributed by atoms with Gasteiger partial charge in [-0.15, -0.1) is 0 Å². The van der Waals surface area contributed by atoms with Crippen LogP contribution in [0.25, 0.3) is 0 Å². The maximum Gasteiger partial charge on any atom is 0.335 e. The van der Waals surface area contributed by atoms with Crippen LogP contribution >= 0.6 is 0 Å². The molecule has 0 bridgehead atoms. The predicted molar refractivity (Wildman–Crippen MR) is 91.9 cm³/mol. The molecule has 24 heavy (non-hydrogen) atoms. The molecule has 0 spiro atoms. The third kappa shape index (κ3) is 6.40. The van der Waals surface area contributed by atoms with Crippen molar-refractivity contribution in [3.63, 3.8) is 0 Å². The molecule has 6 heteroatoms. The van der Waals surface area contributed by atoms with E-state index in [0.29, 0.717) is 25.1 Å². The first-order valence-corrected chi connectivity index (χ1v) is 8.35. The molecule has 0 unspecified atom stereocenters. The molecule has 2 amide bonds. The normalized spacial score (nSPS) is 10.2. The molecule has 0 radical (unpaired) electrons. The summed E-state index contributed by atoms with van der Waals surface area (Å²) in [4.78, 5) is 37.0. The minimum atomic E-state index is -0.998. The van der Waals surface area contributed by atoms with Gasteiger partial charge in [-0.25, -0.2) is 4.79 Å². The zero-order chi connectivity index (χ0) is 17.9. The fraction of sp³-hybridized carbons (Fsp3) is 0.500. The predicted octanol–water partition coefficient (Wildman–Crippen LogP) is 2.08. The Kier molecular flexibility index (Phi) is 8.54. The molecule has 0 aromatic heterocycles. The van der Waals surface area contributed by atoms with Crippen molar-refractivity contribution in [3.05, 3.63) is 35.4 Å². The number of carboxylic acids is 1. The molecular weight excluding hydrogens is 308 g/mol. The lowest BCUT2D eigenvalue weighted by molar-refractivity contribution is -0.136. The SMILES string of the molecule is CCCNC(=O)CN(CCC)C(=O)CCc1ccccc1C(=O)O. The topological polar surface area (TPSA) is 86.7 Å². The van der Waals surface area contributed by atoms with Crippen LogP contribution in [0.3, 0.4) is 0 Å². The smallest absolute Gasteiger partial charge is 0.335 e. The number of carboxylic acid groups (broad SMARTS) is 1. The van der Waals surface area contributed by atoms with E-state index in [2.05, 4.69) is 5.32 Å². The largest absolute Gasteiger partial charge is 0.478 e. The summed E-state index contributed by atoms with van der Waals surface area (Å²) in [6, 6.07) is 6.67. The lowest BCUT2D eigenvalue weighted by Gasteiger charge is -2.21. The Hall–Kier alpha value is -2.37. The van der Waals surface area contributed by atoms with Crippen LogP contribution in [-0.2, 0) is 16.0 Å². The van der Waals surface area contributed by atoms with Crippen molar-refractivity contribution >= 4 is 17.8 Å². The molecule has 0 aliphatic heterocycles. The monoisotopic (exact) mass is 334 g/mol. The number of nitrogens with one attached hydrogen (secondary N) is 1. The Morgan fingerprint density at radius 3 is 2.46 bits per heavy atom. The number of hydrogen-bond donors (Lipinski definition) is 2. The van der Waals surface area contributed by atoms with Crippen LogP contribution in [0, 0.1) is 0 Å². The molecule has 1 rings (SSSR count). The Morgan fingerprint density at radius 2 is 1.83 bits per heavy atom. The fourth-order valence-electron chi connectivity index (χ4n) is 2.40. The van der Waals surface area contributed by atoms with E-state index in [9.17, 15) is 19.5 Å². The van der Waals surface area contributed by atoms with Gasteiger partial charge in [0.2, 0.25) is 11.8 Å². The van der Waals surface area contributed by atoms with Crippen molar-refractivity contribution in [2.45, 2.75) is 39.5 Å². The van der Waals surface area contributed by atoms with Gasteiger partial charge in [0.15, 0.2) is 0 Å². The molecule has 2 N–H and O–H groups in total. The van der Waals surface area contributed by atoms with Crippen molar-refractivity contribution < 1.29 is 19.5 Å². The lowest BCUT2D eigenvalue weighted by atomic mass is 10.0. The number of rotatable bonds is 10. The van der Waals surface area contributed by atoms with Gasteiger partial charge in [-0.2, -0.15) is 0 Å². The first-order chi connectivity index (χ1) is 11.5. The molecule has 0 saturated heterocycles. The summed E-state index contributed by atoms with van der Waals surface area (Å²) < 4.78 is 0. The van der Waals surface area contributed by atoms with Crippen molar-refractivity contribution in [2.24, 2.45) is 0 Å². The second-order valence-corrected chi connectivity index (χ2v) is 5.63. The molecule has 0 aliphatic carbocycles. The van der Waals surface area contributed by atoms with E-state index < -0.39 is 5.97 Å². The molecule has 0 fully saturated rings. The molecule has 0 aliphatic rings. The Labute approximate surface area is 142 Å². The van der Waals surface area contributed by atoms with E-state index in [0.717, 1.165) is 12.8 Å². The lowest BCUT2D eigenvalue weighted by Crippen LogP contribution is -2.41. The standard InChI is InChI=1S/C18H26N2O4/c1-3-11-19-16(21)13-20(12-4-2)17(22)10-9-14-7-5-6-8-15(14)18(23)24/h5-8H,3-4,9-13H2,1-2H3,(H,19,21)(H,23,24). The van der Waals surface area contributed by atoms with Gasteiger partial charge in [-0.05, 0) is 30.9 Å². The van der Waals surface area contributed by atoms with Crippen LogP contribution in [-0.4, -0.2) is 47.4 Å². The van der Waals surface area contributed by atoms with Gasteiger partial charge >= 0.3 is 5.97 Å². The molecule has 0 heterocycles. The highest BCUT2D eigenvalue weighted by atomic mass is 16.4. The van der Waals surface area contributed by atoms with Crippen LogP contribution in [0.5, 0.6) is 0 Å². The number of amides is 2. The zero-order valence-corrected chi connectivity index (χ0v) is 14.4. The summed E-state index contributed by atoms with van der Waals surface area (Å²) in [5, 5.41) is 11.9. The summed E-state index contributed by atoms with van der Waals surface area (Å²) in [6.07, 6.45) is 2.14. The van der Waals surface area contributed by atoms with Gasteiger partial charge in [0.25, 0.3) is 0 Å². The van der Waals surface area contributed by atoms with E-state index in [1.54, 1.807) is 18.2 Å². The molecule has 0 saturated carbocycles. The average molecular weight is 334 g/mol. The second kappa shape index (κ2) is 10.4. The zero-order valence-electron chi connectivity index (χ0n) is 14.4. The maximum atomic E-state index is 12.4. The highest BCUT2D eigenvalue weighted by Gasteiger charge is 2.17. The summed E-state index contributed by atoms with van der Waals surface area (Å²) in [5.41, 5.74) is 0.846. The van der Waals surface area contributed by atoms with E-state index >= 15 is 0 Å². The second-order valence-electron chi connectivity index (χ2n) is 5.63. The number of aryl methyl sites for hydroxylation is 1. The van der Waals surface area contributed by atoms with Crippen molar-refractivity contribution in [1.82, 2.24) is 10.2 Å². The van der Waals surface area contributed by atoms with Gasteiger partial charge in [0, 0.05) is 19.5 Å². The van der Waals surface area contributed by atoms with Gasteiger partial charge in [-0.3, -0.25) is 9.59 Å². The van der Waals surface area contributed by atoms with E-state index in [1.165, 1.54) is 11.0 Å². The van der Waals surface area contributed by atoms with Crippen molar-refractivity contribution in [1.29, 1.82) is 0 Å². The summed E-state index contributed by atoms with van der Waals surface area (Å²) >= 11 is 0. The van der Waals surface area contributed by atoms with Gasteiger partial charge in [0.05, 0.1) is 12.1 Å². The molecule has 132 valence electrons. The highest BCUT2D eigenvalue weighted by molar-refractivity contribution is 5.90. The minimum Gasteiger partial charge on any atom is -0.478 e. The van der Waals surface area contributed by atoms with Crippen LogP contribution in [0.2, 0.25) is 0 Å². The van der Waals surface area contributed by atoms with Crippen molar-refractivity contribution in [3.8, 4) is 0 Å². The molecule has 1 aromatic rings. The third-order valence-electron chi connectivity index (χ3n) is 3.61. The number of hydrogen-bond acceptors (Lipinski definition) is 3. The van der Waals surface area contributed by atoms with Crippen molar-refractivity contribution in [2.75, 3.05) is 19.6 Å². The van der Waals surface area contributed by atoms with Gasteiger partial charge in [0.1, 0.15) is 0 Å². The molecule has 1 aromatic carbocycles. The maximum absolute atomic E-state index is 12.4. The number of aromatic carboxylic acids is 1. The molecule has 6 nitrogen and oxygen atoms in total. The summed E-state index contributed by atoms with van der Waals surface area (Å²) in [7, 11) is 0. The van der Waals surface area contributed by atoms with E-state index in [1.807, 2.05) is 13.8 Å². The third-order valence-corrected chi connectivity index (χ3v) is 3.61. The number of carbonyl (C=O) groups excluding carboxylic acids is 2. The van der Waals surface area contributed by atoms with Gasteiger partial charge < -0.3 is 15.3 Å². The Balaban J connectivity index is 2.65. The minimum absolute atomic E-state index is 0.0489. The van der Waals surface area contributed by atoms with E-state index in [-0.39, 0.29) is 30.3 Å². The molecule has 0 atom stereocenters. The fourth-order valence-corrected chi connectivity index (χ4v) is 2.40.